The summed E-state index contributed by atoms with van der Waals surface area (Å²) in [5.41, 5.74) is 1.57. The highest BCUT2D eigenvalue weighted by Gasteiger charge is 2.10. The second-order valence-corrected chi connectivity index (χ2v) is 5.46. The van der Waals surface area contributed by atoms with Gasteiger partial charge in [0.2, 0.25) is 0 Å². The molecule has 1 N–H and O–H groups in total. The Balaban J connectivity index is 2.67. The van der Waals surface area contributed by atoms with Crippen LogP contribution in [0.4, 0.5) is 5.69 Å². The van der Waals surface area contributed by atoms with E-state index in [1.807, 2.05) is 0 Å². The smallest absolute Gasteiger partial charge is 0.0478 e. The summed E-state index contributed by atoms with van der Waals surface area (Å²) in [4.78, 5) is 1.32. The van der Waals surface area contributed by atoms with Gasteiger partial charge < -0.3 is 5.32 Å². The van der Waals surface area contributed by atoms with Crippen LogP contribution in [-0.2, 0) is 0 Å². The summed E-state index contributed by atoms with van der Waals surface area (Å²) >= 11 is 1.78. The lowest BCUT2D eigenvalue weighted by Gasteiger charge is -2.20. The van der Waals surface area contributed by atoms with Gasteiger partial charge in [0.05, 0.1) is 0 Å². The maximum Gasteiger partial charge on any atom is 0.0478 e. The van der Waals surface area contributed by atoms with Crippen LogP contribution in [-0.4, -0.2) is 12.8 Å². The van der Waals surface area contributed by atoms with E-state index in [2.05, 4.69) is 56.6 Å². The molecule has 1 aromatic rings. The summed E-state index contributed by atoms with van der Waals surface area (Å²) < 4.78 is 0. The number of rotatable bonds is 3. The fourth-order valence-corrected chi connectivity index (χ4v) is 1.73. The van der Waals surface area contributed by atoms with E-state index in [1.165, 1.54) is 10.6 Å². The van der Waals surface area contributed by atoms with E-state index in [1.54, 1.807) is 11.8 Å². The van der Waals surface area contributed by atoms with Gasteiger partial charge in [-0.05, 0) is 23.8 Å². The van der Waals surface area contributed by atoms with Gasteiger partial charge >= 0.3 is 0 Å². The van der Waals surface area contributed by atoms with Crippen molar-refractivity contribution in [3.63, 3.8) is 0 Å². The zero-order chi connectivity index (χ0) is 10.6. The first kappa shape index (κ1) is 11.4. The van der Waals surface area contributed by atoms with Gasteiger partial charge in [0.15, 0.2) is 0 Å². The van der Waals surface area contributed by atoms with Crippen LogP contribution >= 0.6 is 11.8 Å². The molecule has 2 heteroatoms. The molecule has 0 bridgehead atoms. The molecule has 0 aliphatic heterocycles. The number of hydrogen-bond donors (Lipinski definition) is 1. The average Bonchev–Trinajstić information content (AvgIpc) is 2.14. The fraction of sp³-hybridized carbons (Fsp3) is 0.500. The third-order valence-electron chi connectivity index (χ3n) is 1.92. The standard InChI is InChI=1S/C12H19NS/c1-12(2,3)9-13-10-7-5-6-8-11(10)14-4/h5-8,13H,9H2,1-4H3. The zero-order valence-electron chi connectivity index (χ0n) is 9.42. The first-order valence-corrected chi connectivity index (χ1v) is 6.12. The van der Waals surface area contributed by atoms with Gasteiger partial charge in [0, 0.05) is 17.1 Å². The van der Waals surface area contributed by atoms with E-state index in [0.717, 1.165) is 6.54 Å². The first-order chi connectivity index (χ1) is 6.53. The summed E-state index contributed by atoms with van der Waals surface area (Å²) in [5, 5.41) is 3.48. The largest absolute Gasteiger partial charge is 0.384 e. The molecule has 0 radical (unpaired) electrons. The highest BCUT2D eigenvalue weighted by molar-refractivity contribution is 7.98. The van der Waals surface area contributed by atoms with E-state index in [4.69, 9.17) is 0 Å². The number of thioether (sulfide) groups is 1. The van der Waals surface area contributed by atoms with Crippen molar-refractivity contribution in [2.24, 2.45) is 5.41 Å². The molecule has 1 aromatic carbocycles. The summed E-state index contributed by atoms with van der Waals surface area (Å²) in [5.74, 6) is 0. The molecule has 0 amide bonds. The molecule has 0 aliphatic carbocycles. The average molecular weight is 209 g/mol. The Bertz CT molecular complexity index is 289. The minimum atomic E-state index is 0.325. The Morgan fingerprint density at radius 1 is 1.21 bits per heavy atom. The Morgan fingerprint density at radius 3 is 2.43 bits per heavy atom. The zero-order valence-corrected chi connectivity index (χ0v) is 10.2. The molecule has 0 spiro atoms. The minimum Gasteiger partial charge on any atom is -0.384 e. The molecular formula is C12H19NS. The van der Waals surface area contributed by atoms with Crippen LogP contribution in [0.25, 0.3) is 0 Å². The van der Waals surface area contributed by atoms with E-state index in [0.29, 0.717) is 5.41 Å². The summed E-state index contributed by atoms with van der Waals surface area (Å²) in [6.45, 7) is 7.72. The van der Waals surface area contributed by atoms with Crippen molar-refractivity contribution in [3.05, 3.63) is 24.3 Å². The normalized spacial score (nSPS) is 11.4. The second kappa shape index (κ2) is 4.74. The van der Waals surface area contributed by atoms with Crippen LogP contribution in [0.15, 0.2) is 29.2 Å². The molecule has 0 heterocycles. The Hall–Kier alpha value is -0.630. The highest BCUT2D eigenvalue weighted by atomic mass is 32.2. The van der Waals surface area contributed by atoms with Crippen LogP contribution in [0.1, 0.15) is 20.8 Å². The molecule has 0 saturated heterocycles. The lowest BCUT2D eigenvalue weighted by molar-refractivity contribution is 0.443. The topological polar surface area (TPSA) is 12.0 Å². The molecule has 0 aromatic heterocycles. The molecule has 1 nitrogen and oxygen atoms in total. The number of benzene rings is 1. The lowest BCUT2D eigenvalue weighted by Crippen LogP contribution is -2.19. The van der Waals surface area contributed by atoms with E-state index < -0.39 is 0 Å². The van der Waals surface area contributed by atoms with Gasteiger partial charge in [0.25, 0.3) is 0 Å². The number of para-hydroxylation sites is 1. The maximum atomic E-state index is 3.48. The van der Waals surface area contributed by atoms with E-state index >= 15 is 0 Å². The van der Waals surface area contributed by atoms with Crippen LogP contribution in [0.5, 0.6) is 0 Å². The molecular weight excluding hydrogens is 190 g/mol. The molecule has 0 unspecified atom stereocenters. The maximum absolute atomic E-state index is 3.48. The molecule has 78 valence electrons. The quantitative estimate of drug-likeness (QED) is 0.758. The minimum absolute atomic E-state index is 0.325. The molecule has 14 heavy (non-hydrogen) atoms. The SMILES string of the molecule is CSc1ccccc1NCC(C)(C)C. The number of anilines is 1. The van der Waals surface area contributed by atoms with Crippen molar-refractivity contribution < 1.29 is 0 Å². The molecule has 0 aliphatic rings. The second-order valence-electron chi connectivity index (χ2n) is 4.61. The number of hydrogen-bond acceptors (Lipinski definition) is 2. The van der Waals surface area contributed by atoms with Crippen molar-refractivity contribution in [2.45, 2.75) is 25.7 Å². The van der Waals surface area contributed by atoms with Gasteiger partial charge in [-0.15, -0.1) is 11.8 Å². The predicted octanol–water partition coefficient (Wildman–Crippen LogP) is 3.87. The summed E-state index contributed by atoms with van der Waals surface area (Å²) in [6.07, 6.45) is 2.11. The van der Waals surface area contributed by atoms with Crippen molar-refractivity contribution in [1.29, 1.82) is 0 Å². The lowest BCUT2D eigenvalue weighted by atomic mass is 9.97. The van der Waals surface area contributed by atoms with E-state index in [9.17, 15) is 0 Å². The number of nitrogens with one attached hydrogen (secondary N) is 1. The third kappa shape index (κ3) is 3.62. The van der Waals surface area contributed by atoms with Crippen molar-refractivity contribution in [1.82, 2.24) is 0 Å². The summed E-state index contributed by atoms with van der Waals surface area (Å²) in [6, 6.07) is 8.44. The van der Waals surface area contributed by atoms with Crippen LogP contribution < -0.4 is 5.32 Å². The predicted molar refractivity (Wildman–Crippen MR) is 66.2 cm³/mol. The molecule has 1 rings (SSSR count). The highest BCUT2D eigenvalue weighted by Crippen LogP contribution is 2.25. The molecule has 0 fully saturated rings. The monoisotopic (exact) mass is 209 g/mol. The first-order valence-electron chi connectivity index (χ1n) is 4.90. The third-order valence-corrected chi connectivity index (χ3v) is 2.71. The van der Waals surface area contributed by atoms with Crippen LogP contribution in [0, 0.1) is 5.41 Å². The Labute approximate surface area is 91.3 Å². The van der Waals surface area contributed by atoms with Crippen LogP contribution in [0.2, 0.25) is 0 Å². The molecule has 0 atom stereocenters. The summed E-state index contributed by atoms with van der Waals surface area (Å²) in [7, 11) is 0. The van der Waals surface area contributed by atoms with Crippen molar-refractivity contribution in [2.75, 3.05) is 18.1 Å². The van der Waals surface area contributed by atoms with Crippen molar-refractivity contribution >= 4 is 17.4 Å². The van der Waals surface area contributed by atoms with Gasteiger partial charge in [-0.3, -0.25) is 0 Å². The van der Waals surface area contributed by atoms with E-state index in [-0.39, 0.29) is 0 Å². The Kier molecular flexibility index (Phi) is 3.87. The van der Waals surface area contributed by atoms with Crippen molar-refractivity contribution in [3.8, 4) is 0 Å². The van der Waals surface area contributed by atoms with Crippen LogP contribution in [0.3, 0.4) is 0 Å². The van der Waals surface area contributed by atoms with Gasteiger partial charge in [-0.2, -0.15) is 0 Å². The Morgan fingerprint density at radius 2 is 1.86 bits per heavy atom. The fourth-order valence-electron chi connectivity index (χ4n) is 1.15. The van der Waals surface area contributed by atoms with Gasteiger partial charge in [-0.25, -0.2) is 0 Å². The van der Waals surface area contributed by atoms with Gasteiger partial charge in [0.1, 0.15) is 0 Å². The van der Waals surface area contributed by atoms with Gasteiger partial charge in [-0.1, -0.05) is 32.9 Å². The molecule has 0 saturated carbocycles.